The van der Waals surface area contributed by atoms with Gasteiger partial charge in [-0.15, -0.1) is 10.2 Å². The van der Waals surface area contributed by atoms with Gasteiger partial charge in [-0.25, -0.2) is 0 Å². The summed E-state index contributed by atoms with van der Waals surface area (Å²) in [6.07, 6.45) is 0. The van der Waals surface area contributed by atoms with Gasteiger partial charge in [0.1, 0.15) is 5.75 Å². The lowest BCUT2D eigenvalue weighted by atomic mass is 10.2. The number of aromatic nitrogens is 2. The number of hydrogen-bond donors (Lipinski definition) is 0. The SMILES string of the molecule is CC(C)N(Cc1nnc(-c2ccccc2Cl)o1)C(=O)COc1cccc(Br)c1. The van der Waals surface area contributed by atoms with Gasteiger partial charge in [0.15, 0.2) is 6.61 Å². The van der Waals surface area contributed by atoms with Gasteiger partial charge in [0.25, 0.3) is 5.91 Å². The monoisotopic (exact) mass is 463 g/mol. The summed E-state index contributed by atoms with van der Waals surface area (Å²) in [6.45, 7) is 3.95. The first-order valence-corrected chi connectivity index (χ1v) is 9.86. The summed E-state index contributed by atoms with van der Waals surface area (Å²) in [4.78, 5) is 14.3. The van der Waals surface area contributed by atoms with Crippen LogP contribution in [0.25, 0.3) is 11.5 Å². The van der Waals surface area contributed by atoms with Crippen LogP contribution in [0.2, 0.25) is 5.02 Å². The highest BCUT2D eigenvalue weighted by molar-refractivity contribution is 9.10. The summed E-state index contributed by atoms with van der Waals surface area (Å²) in [7, 11) is 0. The molecule has 0 saturated carbocycles. The van der Waals surface area contributed by atoms with E-state index < -0.39 is 0 Å². The van der Waals surface area contributed by atoms with E-state index in [1.54, 1.807) is 29.2 Å². The van der Waals surface area contributed by atoms with Crippen molar-refractivity contribution in [3.63, 3.8) is 0 Å². The molecule has 1 aromatic heterocycles. The van der Waals surface area contributed by atoms with Crippen LogP contribution in [0.4, 0.5) is 0 Å². The van der Waals surface area contributed by atoms with E-state index in [4.69, 9.17) is 20.8 Å². The quantitative estimate of drug-likeness (QED) is 0.494. The van der Waals surface area contributed by atoms with Crippen molar-refractivity contribution in [3.8, 4) is 17.2 Å². The molecule has 0 spiro atoms. The minimum atomic E-state index is -0.174. The Labute approximate surface area is 176 Å². The van der Waals surface area contributed by atoms with Gasteiger partial charge in [0, 0.05) is 10.5 Å². The lowest BCUT2D eigenvalue weighted by Gasteiger charge is -2.25. The number of rotatable bonds is 7. The molecular formula is C20H19BrClN3O3. The van der Waals surface area contributed by atoms with E-state index in [1.807, 2.05) is 38.1 Å². The average Bonchev–Trinajstić information content (AvgIpc) is 3.13. The second-order valence-corrected chi connectivity index (χ2v) is 7.67. The first-order chi connectivity index (χ1) is 13.4. The maximum absolute atomic E-state index is 12.7. The lowest BCUT2D eigenvalue weighted by molar-refractivity contribution is -0.136. The van der Waals surface area contributed by atoms with Gasteiger partial charge < -0.3 is 14.1 Å². The van der Waals surface area contributed by atoms with Gasteiger partial charge in [-0.1, -0.05) is 45.7 Å². The topological polar surface area (TPSA) is 68.5 Å². The molecule has 0 fully saturated rings. The summed E-state index contributed by atoms with van der Waals surface area (Å²) in [5.74, 6) is 1.10. The molecule has 1 heterocycles. The average molecular weight is 465 g/mol. The van der Waals surface area contributed by atoms with Crippen molar-refractivity contribution in [1.29, 1.82) is 0 Å². The first-order valence-electron chi connectivity index (χ1n) is 8.69. The largest absolute Gasteiger partial charge is 0.484 e. The molecule has 0 unspecified atom stereocenters. The number of carbonyl (C=O) groups excluding carboxylic acids is 1. The highest BCUT2D eigenvalue weighted by Crippen LogP contribution is 2.26. The molecule has 146 valence electrons. The molecule has 0 aliphatic rings. The fourth-order valence-corrected chi connectivity index (χ4v) is 3.15. The highest BCUT2D eigenvalue weighted by atomic mass is 79.9. The van der Waals surface area contributed by atoms with Gasteiger partial charge in [0.05, 0.1) is 17.1 Å². The standard InChI is InChI=1S/C20H19BrClN3O3/c1-13(2)25(19(26)12-27-15-7-5-6-14(21)10-15)11-18-23-24-20(28-18)16-8-3-4-9-17(16)22/h3-10,13H,11-12H2,1-2H3. The minimum absolute atomic E-state index is 0.0609. The molecule has 0 atom stereocenters. The van der Waals surface area contributed by atoms with Gasteiger partial charge in [-0.3, -0.25) is 4.79 Å². The molecule has 0 aliphatic carbocycles. The van der Waals surface area contributed by atoms with Crippen molar-refractivity contribution >= 4 is 33.4 Å². The van der Waals surface area contributed by atoms with Crippen LogP contribution in [0.5, 0.6) is 5.75 Å². The van der Waals surface area contributed by atoms with E-state index in [0.717, 1.165) is 4.47 Å². The second kappa shape index (κ2) is 9.21. The summed E-state index contributed by atoms with van der Waals surface area (Å²) in [5.41, 5.74) is 0.656. The Morgan fingerprint density at radius 2 is 2.00 bits per heavy atom. The Morgan fingerprint density at radius 3 is 2.71 bits per heavy atom. The smallest absolute Gasteiger partial charge is 0.261 e. The summed E-state index contributed by atoms with van der Waals surface area (Å²) >= 11 is 9.55. The lowest BCUT2D eigenvalue weighted by Crippen LogP contribution is -2.39. The predicted octanol–water partition coefficient (Wildman–Crippen LogP) is 4.97. The van der Waals surface area contributed by atoms with Gasteiger partial charge >= 0.3 is 0 Å². The van der Waals surface area contributed by atoms with E-state index in [-0.39, 0.29) is 25.1 Å². The van der Waals surface area contributed by atoms with E-state index in [9.17, 15) is 4.79 Å². The summed E-state index contributed by atoms with van der Waals surface area (Å²) in [5, 5.41) is 8.62. The molecule has 8 heteroatoms. The molecule has 6 nitrogen and oxygen atoms in total. The van der Waals surface area contributed by atoms with Crippen LogP contribution in [0.3, 0.4) is 0 Å². The fraction of sp³-hybridized carbons (Fsp3) is 0.250. The van der Waals surface area contributed by atoms with Crippen LogP contribution in [0.1, 0.15) is 19.7 Å². The molecule has 28 heavy (non-hydrogen) atoms. The second-order valence-electron chi connectivity index (χ2n) is 6.34. The Hall–Kier alpha value is -2.38. The van der Waals surface area contributed by atoms with Crippen LogP contribution >= 0.6 is 27.5 Å². The molecule has 0 saturated heterocycles. The van der Waals surface area contributed by atoms with Crippen LogP contribution in [-0.4, -0.2) is 33.7 Å². The number of amides is 1. The molecule has 0 bridgehead atoms. The zero-order chi connectivity index (χ0) is 20.1. The van der Waals surface area contributed by atoms with Crippen molar-refractivity contribution in [2.45, 2.75) is 26.4 Å². The molecule has 1 amide bonds. The van der Waals surface area contributed by atoms with Crippen LogP contribution in [0, 0.1) is 0 Å². The summed E-state index contributed by atoms with van der Waals surface area (Å²) < 4.78 is 12.2. The van der Waals surface area contributed by atoms with Gasteiger partial charge in [0.2, 0.25) is 11.8 Å². The number of hydrogen-bond acceptors (Lipinski definition) is 5. The zero-order valence-electron chi connectivity index (χ0n) is 15.4. The molecule has 0 N–H and O–H groups in total. The van der Waals surface area contributed by atoms with Gasteiger partial charge in [-0.05, 0) is 44.2 Å². The number of ether oxygens (including phenoxy) is 1. The van der Waals surface area contributed by atoms with E-state index in [2.05, 4.69) is 26.1 Å². The van der Waals surface area contributed by atoms with Crippen molar-refractivity contribution < 1.29 is 13.9 Å². The number of carbonyl (C=O) groups is 1. The minimum Gasteiger partial charge on any atom is -0.484 e. The van der Waals surface area contributed by atoms with Crippen molar-refractivity contribution in [1.82, 2.24) is 15.1 Å². The molecule has 3 aromatic rings. The third-order valence-electron chi connectivity index (χ3n) is 3.98. The molecule has 3 rings (SSSR count). The van der Waals surface area contributed by atoms with E-state index in [1.165, 1.54) is 0 Å². The van der Waals surface area contributed by atoms with Crippen molar-refractivity contribution in [2.24, 2.45) is 0 Å². The van der Waals surface area contributed by atoms with Gasteiger partial charge in [-0.2, -0.15) is 0 Å². The van der Waals surface area contributed by atoms with Crippen molar-refractivity contribution in [2.75, 3.05) is 6.61 Å². The third kappa shape index (κ3) is 5.11. The molecule has 2 aromatic carbocycles. The van der Waals surface area contributed by atoms with E-state index >= 15 is 0 Å². The Kier molecular flexibility index (Phi) is 6.70. The molecular weight excluding hydrogens is 446 g/mol. The fourth-order valence-electron chi connectivity index (χ4n) is 2.55. The predicted molar refractivity (Wildman–Crippen MR) is 110 cm³/mol. The number of nitrogens with zero attached hydrogens (tertiary/aromatic N) is 3. The van der Waals surface area contributed by atoms with E-state index in [0.29, 0.717) is 28.1 Å². The Balaban J connectivity index is 1.68. The zero-order valence-corrected chi connectivity index (χ0v) is 17.8. The first kappa shape index (κ1) is 20.4. The van der Waals surface area contributed by atoms with Crippen molar-refractivity contribution in [3.05, 3.63) is 63.9 Å². The maximum Gasteiger partial charge on any atom is 0.261 e. The molecule has 0 radical (unpaired) electrons. The third-order valence-corrected chi connectivity index (χ3v) is 4.80. The maximum atomic E-state index is 12.7. The number of halogens is 2. The Bertz CT molecular complexity index is 961. The van der Waals surface area contributed by atoms with Crippen LogP contribution in [0.15, 0.2) is 57.4 Å². The molecule has 0 aliphatic heterocycles. The highest BCUT2D eigenvalue weighted by Gasteiger charge is 2.21. The summed E-state index contributed by atoms with van der Waals surface area (Å²) in [6, 6.07) is 14.5. The Morgan fingerprint density at radius 1 is 1.21 bits per heavy atom. The number of benzene rings is 2. The normalized spacial score (nSPS) is 10.9. The van der Waals surface area contributed by atoms with Crippen LogP contribution in [-0.2, 0) is 11.3 Å². The van der Waals surface area contributed by atoms with Crippen LogP contribution < -0.4 is 4.74 Å².